The molecular weight excluding hydrogens is 368 g/mol. The van der Waals surface area contributed by atoms with Crippen LogP contribution >= 0.6 is 0 Å². The molecule has 30 heavy (non-hydrogen) atoms. The van der Waals surface area contributed by atoms with Crippen LogP contribution in [-0.4, -0.2) is 28.2 Å². The molecule has 4 heteroatoms. The first-order valence-electron chi connectivity index (χ1n) is 10.6. The normalized spacial score (nSPS) is 18.6. The Kier molecular flexibility index (Phi) is 3.88. The maximum Gasteiger partial charge on any atom is 0.136 e. The van der Waals surface area contributed by atoms with Crippen LogP contribution in [0.1, 0.15) is 25.0 Å². The minimum Gasteiger partial charge on any atom is -0.347 e. The van der Waals surface area contributed by atoms with Crippen molar-refractivity contribution in [3.05, 3.63) is 83.9 Å². The number of anilines is 4. The zero-order valence-electron chi connectivity index (χ0n) is 18.7. The molecule has 0 fully saturated rings. The summed E-state index contributed by atoms with van der Waals surface area (Å²) in [5.41, 5.74) is 7.20. The fraction of sp³-hybridized carbons (Fsp3) is 0.308. The Hall–Kier alpha value is -3.14. The third kappa shape index (κ3) is 2.16. The predicted molar refractivity (Wildman–Crippen MR) is 128 cm³/mol. The molecule has 0 saturated carbocycles. The second-order valence-electron chi connectivity index (χ2n) is 8.83. The van der Waals surface area contributed by atoms with Gasteiger partial charge in [0.1, 0.15) is 11.3 Å². The van der Waals surface area contributed by atoms with Crippen molar-refractivity contribution >= 4 is 22.7 Å². The van der Waals surface area contributed by atoms with E-state index in [0.29, 0.717) is 0 Å². The van der Waals surface area contributed by atoms with E-state index in [1.807, 2.05) is 0 Å². The molecular formula is C26H30N4. The zero-order chi connectivity index (χ0) is 21.3. The van der Waals surface area contributed by atoms with E-state index in [4.69, 9.17) is 0 Å². The Labute approximate surface area is 179 Å². The SMILES string of the molecule is CN1c2ccccc2N(C)C1(C)c1ccc(C2(C)N(C)c3ccccc3N2C)cc1. The molecule has 2 aliphatic rings. The Balaban J connectivity index is 1.53. The minimum atomic E-state index is -0.223. The number of para-hydroxylation sites is 4. The molecule has 0 N–H and O–H groups in total. The summed E-state index contributed by atoms with van der Waals surface area (Å²) in [6, 6.07) is 26.4. The van der Waals surface area contributed by atoms with Crippen LogP contribution in [-0.2, 0) is 11.3 Å². The second kappa shape index (κ2) is 6.18. The summed E-state index contributed by atoms with van der Waals surface area (Å²) in [4.78, 5) is 9.51. The zero-order valence-corrected chi connectivity index (χ0v) is 18.7. The lowest BCUT2D eigenvalue weighted by Crippen LogP contribution is -2.50. The van der Waals surface area contributed by atoms with Crippen LogP contribution in [0.4, 0.5) is 22.7 Å². The van der Waals surface area contributed by atoms with Gasteiger partial charge in [-0.1, -0.05) is 48.5 Å². The molecule has 3 aromatic rings. The molecule has 5 rings (SSSR count). The molecule has 3 aromatic carbocycles. The summed E-state index contributed by atoms with van der Waals surface area (Å²) >= 11 is 0. The van der Waals surface area contributed by atoms with Gasteiger partial charge in [0.05, 0.1) is 22.7 Å². The highest BCUT2D eigenvalue weighted by atomic mass is 15.4. The lowest BCUT2D eigenvalue weighted by molar-refractivity contribution is 0.471. The van der Waals surface area contributed by atoms with E-state index in [1.165, 1.54) is 33.9 Å². The van der Waals surface area contributed by atoms with Crippen molar-refractivity contribution in [2.45, 2.75) is 25.2 Å². The van der Waals surface area contributed by atoms with Crippen molar-refractivity contribution in [1.82, 2.24) is 0 Å². The highest BCUT2D eigenvalue weighted by molar-refractivity contribution is 5.81. The Morgan fingerprint density at radius 3 is 0.900 bits per heavy atom. The molecule has 0 amide bonds. The van der Waals surface area contributed by atoms with E-state index < -0.39 is 0 Å². The van der Waals surface area contributed by atoms with Crippen molar-refractivity contribution < 1.29 is 0 Å². The van der Waals surface area contributed by atoms with Crippen LogP contribution in [0.2, 0.25) is 0 Å². The Bertz CT molecular complexity index is 958. The smallest absolute Gasteiger partial charge is 0.136 e. The van der Waals surface area contributed by atoms with Crippen LogP contribution in [0.5, 0.6) is 0 Å². The standard InChI is InChI=1S/C26H30N4/c1-25(27(3)21-11-7-8-12-22(21)28(25)4)19-15-17-20(18-16-19)26(2)29(5)23-13-9-10-14-24(23)30(26)6/h7-18H,1-6H3. The molecule has 0 bridgehead atoms. The van der Waals surface area contributed by atoms with Crippen molar-refractivity contribution in [2.24, 2.45) is 0 Å². The van der Waals surface area contributed by atoms with Crippen molar-refractivity contribution in [1.29, 1.82) is 0 Å². The van der Waals surface area contributed by atoms with Gasteiger partial charge in [0, 0.05) is 28.2 Å². The van der Waals surface area contributed by atoms with Crippen LogP contribution < -0.4 is 19.6 Å². The quantitative estimate of drug-likeness (QED) is 0.588. The average molecular weight is 399 g/mol. The van der Waals surface area contributed by atoms with Gasteiger partial charge in [-0.15, -0.1) is 0 Å². The topological polar surface area (TPSA) is 13.0 Å². The van der Waals surface area contributed by atoms with Gasteiger partial charge in [-0.2, -0.15) is 0 Å². The molecule has 0 unspecified atom stereocenters. The van der Waals surface area contributed by atoms with E-state index in [9.17, 15) is 0 Å². The molecule has 0 atom stereocenters. The van der Waals surface area contributed by atoms with E-state index in [0.717, 1.165) is 0 Å². The monoisotopic (exact) mass is 398 g/mol. The van der Waals surface area contributed by atoms with Crippen molar-refractivity contribution in [3.63, 3.8) is 0 Å². The molecule has 2 heterocycles. The first-order chi connectivity index (χ1) is 14.3. The summed E-state index contributed by atoms with van der Waals surface area (Å²) in [5.74, 6) is 0. The highest BCUT2D eigenvalue weighted by Gasteiger charge is 2.45. The van der Waals surface area contributed by atoms with Crippen molar-refractivity contribution in [2.75, 3.05) is 47.8 Å². The van der Waals surface area contributed by atoms with E-state index in [1.54, 1.807) is 0 Å². The van der Waals surface area contributed by atoms with Crippen LogP contribution in [0.15, 0.2) is 72.8 Å². The van der Waals surface area contributed by atoms with Crippen LogP contribution in [0.25, 0.3) is 0 Å². The third-order valence-electron chi connectivity index (χ3n) is 7.80. The van der Waals surface area contributed by atoms with Gasteiger partial charge in [-0.3, -0.25) is 0 Å². The second-order valence-corrected chi connectivity index (χ2v) is 8.83. The first-order valence-corrected chi connectivity index (χ1v) is 10.6. The summed E-state index contributed by atoms with van der Waals surface area (Å²) in [6.45, 7) is 4.60. The fourth-order valence-electron chi connectivity index (χ4n) is 5.33. The average Bonchev–Trinajstić information content (AvgIpc) is 3.11. The molecule has 0 saturated heterocycles. The van der Waals surface area contributed by atoms with E-state index >= 15 is 0 Å². The summed E-state index contributed by atoms with van der Waals surface area (Å²) in [5, 5.41) is 0. The molecule has 4 nitrogen and oxygen atoms in total. The van der Waals surface area contributed by atoms with Crippen LogP contribution in [0.3, 0.4) is 0 Å². The Morgan fingerprint density at radius 2 is 0.667 bits per heavy atom. The van der Waals surface area contributed by atoms with Gasteiger partial charge in [0.2, 0.25) is 0 Å². The molecule has 0 aromatic heterocycles. The molecule has 2 aliphatic heterocycles. The molecule has 0 radical (unpaired) electrons. The van der Waals surface area contributed by atoms with Crippen molar-refractivity contribution in [3.8, 4) is 0 Å². The number of benzene rings is 3. The summed E-state index contributed by atoms with van der Waals surface area (Å²) < 4.78 is 0. The minimum absolute atomic E-state index is 0.223. The predicted octanol–water partition coefficient (Wildman–Crippen LogP) is 5.20. The highest BCUT2D eigenvalue weighted by Crippen LogP contribution is 2.50. The van der Waals surface area contributed by atoms with Gasteiger partial charge in [-0.25, -0.2) is 0 Å². The van der Waals surface area contributed by atoms with Gasteiger partial charge in [0.25, 0.3) is 0 Å². The summed E-state index contributed by atoms with van der Waals surface area (Å²) in [6.07, 6.45) is 0. The number of hydrogen-bond acceptors (Lipinski definition) is 4. The first kappa shape index (κ1) is 18.9. The molecule has 0 aliphatic carbocycles. The largest absolute Gasteiger partial charge is 0.347 e. The van der Waals surface area contributed by atoms with Gasteiger partial charge < -0.3 is 19.6 Å². The van der Waals surface area contributed by atoms with E-state index in [2.05, 4.69) is 134 Å². The van der Waals surface area contributed by atoms with Gasteiger partial charge >= 0.3 is 0 Å². The van der Waals surface area contributed by atoms with Gasteiger partial charge in [0.15, 0.2) is 0 Å². The lowest BCUT2D eigenvalue weighted by atomic mass is 9.93. The maximum atomic E-state index is 2.38. The third-order valence-corrected chi connectivity index (χ3v) is 7.80. The molecule has 154 valence electrons. The lowest BCUT2D eigenvalue weighted by Gasteiger charge is -2.42. The Morgan fingerprint density at radius 1 is 0.433 bits per heavy atom. The number of fused-ring (bicyclic) bond motifs is 2. The fourth-order valence-corrected chi connectivity index (χ4v) is 5.33. The number of hydrogen-bond donors (Lipinski definition) is 0. The number of nitrogens with zero attached hydrogens (tertiary/aromatic N) is 4. The van der Waals surface area contributed by atoms with Crippen LogP contribution in [0, 0.1) is 0 Å². The molecule has 0 spiro atoms. The maximum absolute atomic E-state index is 2.38. The summed E-state index contributed by atoms with van der Waals surface area (Å²) in [7, 11) is 8.75. The number of rotatable bonds is 2. The van der Waals surface area contributed by atoms with E-state index in [-0.39, 0.29) is 11.3 Å². The van der Waals surface area contributed by atoms with Gasteiger partial charge in [-0.05, 0) is 49.2 Å².